The molecule has 2 aromatic carbocycles. The molecule has 4 rings (SSSR count). The Balaban J connectivity index is 1.27. The molecule has 0 fully saturated rings. The van der Waals surface area contributed by atoms with Crippen LogP contribution in [-0.2, 0) is 11.2 Å². The van der Waals surface area contributed by atoms with Gasteiger partial charge in [-0.15, -0.1) is 27.1 Å². The molecule has 2 heterocycles. The first-order valence-corrected chi connectivity index (χ1v) is 11.4. The zero-order valence-electron chi connectivity index (χ0n) is 18.1. The second kappa shape index (κ2) is 10.3. The van der Waals surface area contributed by atoms with E-state index < -0.39 is 0 Å². The molecule has 0 unspecified atom stereocenters. The minimum Gasteiger partial charge on any atom is -0.475 e. The van der Waals surface area contributed by atoms with Crippen molar-refractivity contribution >= 4 is 23.3 Å². The Hall–Kier alpha value is -3.39. The second-order valence-electron chi connectivity index (χ2n) is 7.52. The number of fused-ring (bicyclic) bond motifs is 1. The van der Waals surface area contributed by atoms with Gasteiger partial charge >= 0.3 is 0 Å². The first-order valence-electron chi connectivity index (χ1n) is 10.5. The Morgan fingerprint density at radius 3 is 2.56 bits per heavy atom. The lowest BCUT2D eigenvalue weighted by Gasteiger charge is -2.09. The minimum absolute atomic E-state index is 0.0357. The summed E-state index contributed by atoms with van der Waals surface area (Å²) in [6, 6.07) is 21.4. The van der Waals surface area contributed by atoms with E-state index in [4.69, 9.17) is 4.74 Å². The summed E-state index contributed by atoms with van der Waals surface area (Å²) in [5, 5.41) is 16.3. The van der Waals surface area contributed by atoms with Crippen molar-refractivity contribution < 1.29 is 9.53 Å². The van der Waals surface area contributed by atoms with Gasteiger partial charge in [-0.3, -0.25) is 4.79 Å². The number of carbonyl (C=O) groups excluding carboxylic acids is 1. The molecule has 7 nitrogen and oxygen atoms in total. The van der Waals surface area contributed by atoms with Crippen LogP contribution >= 0.6 is 11.8 Å². The van der Waals surface area contributed by atoms with Crippen LogP contribution in [0.4, 0.5) is 0 Å². The maximum atomic E-state index is 12.2. The van der Waals surface area contributed by atoms with Gasteiger partial charge in [0.2, 0.25) is 11.8 Å². The Morgan fingerprint density at radius 1 is 1.03 bits per heavy atom. The quantitative estimate of drug-likeness (QED) is 0.308. The predicted octanol–water partition coefficient (Wildman–Crippen LogP) is 4.03. The van der Waals surface area contributed by atoms with Gasteiger partial charge in [0.15, 0.2) is 11.5 Å². The number of nitrogens with one attached hydrogen (secondary N) is 1. The largest absolute Gasteiger partial charge is 0.475 e. The van der Waals surface area contributed by atoms with Crippen molar-refractivity contribution in [2.24, 2.45) is 0 Å². The van der Waals surface area contributed by atoms with Gasteiger partial charge in [-0.05, 0) is 23.8 Å². The second-order valence-corrected chi connectivity index (χ2v) is 9.17. The van der Waals surface area contributed by atoms with E-state index in [-0.39, 0.29) is 5.91 Å². The fraction of sp³-hybridized carbons (Fsp3) is 0.250. The van der Waals surface area contributed by atoms with Crippen LogP contribution in [0.5, 0.6) is 5.88 Å². The maximum Gasteiger partial charge on any atom is 0.231 e. The van der Waals surface area contributed by atoms with E-state index in [1.165, 1.54) is 4.90 Å². The molecule has 1 amide bonds. The van der Waals surface area contributed by atoms with Crippen molar-refractivity contribution in [3.63, 3.8) is 0 Å². The molecule has 1 N–H and O–H groups in total. The summed E-state index contributed by atoms with van der Waals surface area (Å²) in [5.74, 6) is 1.06. The summed E-state index contributed by atoms with van der Waals surface area (Å²) in [6.07, 6.45) is 0.345. The standard InChI is InChI=1S/C24H25N5O2S/c1-17(2)32-20-10-8-18(9-11-20)16-22(30)25-14-15-31-23-13-12-21-26-27-24(29(21)28-23)19-6-4-3-5-7-19/h3-13,17H,14-16H2,1-2H3,(H,25,30). The monoisotopic (exact) mass is 447 g/mol. The molecular formula is C24H25N5O2S. The van der Waals surface area contributed by atoms with Crippen LogP contribution in [-0.4, -0.2) is 44.1 Å². The molecule has 0 bridgehead atoms. The Kier molecular flexibility index (Phi) is 7.01. The minimum atomic E-state index is -0.0357. The molecule has 0 spiro atoms. The highest BCUT2D eigenvalue weighted by Crippen LogP contribution is 2.23. The topological polar surface area (TPSA) is 81.4 Å². The first-order chi connectivity index (χ1) is 15.6. The van der Waals surface area contributed by atoms with Gasteiger partial charge in [0.05, 0.1) is 13.0 Å². The normalized spacial score (nSPS) is 11.1. The summed E-state index contributed by atoms with van der Waals surface area (Å²) >= 11 is 1.81. The van der Waals surface area contributed by atoms with Crippen LogP contribution in [0.1, 0.15) is 19.4 Å². The lowest BCUT2D eigenvalue weighted by molar-refractivity contribution is -0.120. The van der Waals surface area contributed by atoms with Crippen LogP contribution in [0.2, 0.25) is 0 Å². The zero-order chi connectivity index (χ0) is 22.3. The third-order valence-corrected chi connectivity index (χ3v) is 5.62. The molecule has 32 heavy (non-hydrogen) atoms. The van der Waals surface area contributed by atoms with Crippen molar-refractivity contribution in [3.05, 3.63) is 72.3 Å². The van der Waals surface area contributed by atoms with E-state index in [0.717, 1.165) is 11.1 Å². The van der Waals surface area contributed by atoms with E-state index in [9.17, 15) is 4.79 Å². The number of aromatic nitrogens is 4. The third kappa shape index (κ3) is 5.64. The molecule has 0 aliphatic heterocycles. The van der Waals surface area contributed by atoms with Gasteiger partial charge in [0.1, 0.15) is 6.61 Å². The highest BCUT2D eigenvalue weighted by atomic mass is 32.2. The summed E-state index contributed by atoms with van der Waals surface area (Å²) in [5.41, 5.74) is 2.56. The van der Waals surface area contributed by atoms with Crippen LogP contribution in [0.25, 0.3) is 17.0 Å². The summed E-state index contributed by atoms with van der Waals surface area (Å²) < 4.78 is 7.38. The van der Waals surface area contributed by atoms with Gasteiger partial charge in [0, 0.05) is 21.8 Å². The third-order valence-electron chi connectivity index (χ3n) is 4.60. The first kappa shape index (κ1) is 21.8. The van der Waals surface area contributed by atoms with Gasteiger partial charge in [-0.2, -0.15) is 4.52 Å². The van der Waals surface area contributed by atoms with Crippen molar-refractivity contribution in [3.8, 4) is 17.3 Å². The molecule has 0 saturated carbocycles. The number of benzene rings is 2. The highest BCUT2D eigenvalue weighted by molar-refractivity contribution is 7.99. The fourth-order valence-corrected chi connectivity index (χ4v) is 4.01. The smallest absolute Gasteiger partial charge is 0.231 e. The number of rotatable bonds is 9. The summed E-state index contributed by atoms with van der Waals surface area (Å²) in [7, 11) is 0. The molecule has 2 aromatic heterocycles. The van der Waals surface area contributed by atoms with E-state index in [1.54, 1.807) is 10.6 Å². The molecule has 0 saturated heterocycles. The fourth-order valence-electron chi connectivity index (χ4n) is 3.17. The lowest BCUT2D eigenvalue weighted by atomic mass is 10.1. The van der Waals surface area contributed by atoms with Crippen molar-refractivity contribution in [1.29, 1.82) is 0 Å². The number of hydrogen-bond acceptors (Lipinski definition) is 6. The van der Waals surface area contributed by atoms with Gasteiger partial charge in [0.25, 0.3) is 0 Å². The van der Waals surface area contributed by atoms with Crippen LogP contribution in [0, 0.1) is 0 Å². The SMILES string of the molecule is CC(C)Sc1ccc(CC(=O)NCCOc2ccc3nnc(-c4ccccc4)n3n2)cc1. The molecule has 0 aliphatic rings. The van der Waals surface area contributed by atoms with E-state index in [2.05, 4.69) is 46.6 Å². The van der Waals surface area contributed by atoms with Crippen molar-refractivity contribution in [2.45, 2.75) is 30.4 Å². The molecule has 0 radical (unpaired) electrons. The number of ether oxygens (including phenoxy) is 1. The van der Waals surface area contributed by atoms with Crippen molar-refractivity contribution in [1.82, 2.24) is 25.1 Å². The van der Waals surface area contributed by atoms with Crippen LogP contribution in [0.15, 0.2) is 71.6 Å². The molecule has 0 aliphatic carbocycles. The zero-order valence-corrected chi connectivity index (χ0v) is 18.9. The lowest BCUT2D eigenvalue weighted by Crippen LogP contribution is -2.29. The Labute approximate surface area is 191 Å². The van der Waals surface area contributed by atoms with Gasteiger partial charge < -0.3 is 10.1 Å². The summed E-state index contributed by atoms with van der Waals surface area (Å²) in [6.45, 7) is 5.04. The van der Waals surface area contributed by atoms with E-state index >= 15 is 0 Å². The maximum absolute atomic E-state index is 12.2. The average molecular weight is 448 g/mol. The Morgan fingerprint density at radius 2 is 1.81 bits per heavy atom. The predicted molar refractivity (Wildman–Crippen MR) is 126 cm³/mol. The highest BCUT2D eigenvalue weighted by Gasteiger charge is 2.10. The molecule has 164 valence electrons. The number of amides is 1. The van der Waals surface area contributed by atoms with Crippen molar-refractivity contribution in [2.75, 3.05) is 13.2 Å². The number of thioether (sulfide) groups is 1. The van der Waals surface area contributed by atoms with Gasteiger partial charge in [-0.25, -0.2) is 0 Å². The Bertz CT molecular complexity index is 1180. The number of carbonyl (C=O) groups is 1. The molecule has 4 aromatic rings. The molecular weight excluding hydrogens is 422 g/mol. The van der Waals surface area contributed by atoms with Crippen LogP contribution < -0.4 is 10.1 Å². The summed E-state index contributed by atoms with van der Waals surface area (Å²) in [4.78, 5) is 13.4. The average Bonchev–Trinajstić information content (AvgIpc) is 3.22. The number of nitrogens with zero attached hydrogens (tertiary/aromatic N) is 4. The van der Waals surface area contributed by atoms with Gasteiger partial charge in [-0.1, -0.05) is 56.3 Å². The molecule has 8 heteroatoms. The number of hydrogen-bond donors (Lipinski definition) is 1. The van der Waals surface area contributed by atoms with E-state index in [0.29, 0.717) is 42.2 Å². The van der Waals surface area contributed by atoms with E-state index in [1.807, 2.05) is 60.3 Å². The molecule has 0 atom stereocenters. The van der Waals surface area contributed by atoms with Crippen LogP contribution in [0.3, 0.4) is 0 Å².